The van der Waals surface area contributed by atoms with Crippen LogP contribution in [0.2, 0.25) is 0 Å². The second-order valence-corrected chi connectivity index (χ2v) is 8.30. The third-order valence-corrected chi connectivity index (χ3v) is 4.54. The molecule has 2 N–H and O–H groups in total. The van der Waals surface area contributed by atoms with Gasteiger partial charge >= 0.3 is 5.97 Å². The molecule has 25 heavy (non-hydrogen) atoms. The predicted molar refractivity (Wildman–Crippen MR) is 93.3 cm³/mol. The number of nitrogens with one attached hydrogen (secondary N) is 1. The first-order chi connectivity index (χ1) is 11.6. The third-order valence-electron chi connectivity index (χ3n) is 3.41. The van der Waals surface area contributed by atoms with E-state index in [1.165, 1.54) is 12.1 Å². The zero-order valence-corrected chi connectivity index (χ0v) is 15.5. The number of sulfone groups is 1. The summed E-state index contributed by atoms with van der Waals surface area (Å²) in [7, 11) is -3.24. The first kappa shape index (κ1) is 21.0. The molecule has 0 saturated heterocycles. The lowest BCUT2D eigenvalue weighted by Crippen LogP contribution is -2.41. The summed E-state index contributed by atoms with van der Waals surface area (Å²) >= 11 is 0. The van der Waals surface area contributed by atoms with Gasteiger partial charge in [0.2, 0.25) is 5.91 Å². The maximum atomic E-state index is 11.8. The Labute approximate surface area is 148 Å². The van der Waals surface area contributed by atoms with Gasteiger partial charge in [0.05, 0.1) is 11.5 Å². The summed E-state index contributed by atoms with van der Waals surface area (Å²) in [5.74, 6) is -0.691. The van der Waals surface area contributed by atoms with E-state index in [1.54, 1.807) is 12.1 Å². The fourth-order valence-corrected chi connectivity index (χ4v) is 2.80. The lowest BCUT2D eigenvalue weighted by atomic mass is 10.0. The molecule has 0 bridgehead atoms. The van der Waals surface area contributed by atoms with Gasteiger partial charge in [0.1, 0.15) is 11.8 Å². The Morgan fingerprint density at radius 3 is 2.28 bits per heavy atom. The molecule has 0 fully saturated rings. The zero-order valence-electron chi connectivity index (χ0n) is 14.7. The molecule has 0 aliphatic heterocycles. The first-order valence-corrected chi connectivity index (χ1v) is 9.94. The van der Waals surface area contributed by atoms with E-state index < -0.39 is 21.8 Å². The quantitative estimate of drug-likeness (QED) is 0.608. The number of benzene rings is 1. The SMILES string of the molecule is CC(C)C[C@@H](NC(=O)CCCOc1ccc(S(C)(=O)=O)cc1)C(=O)O. The van der Waals surface area contributed by atoms with E-state index >= 15 is 0 Å². The van der Waals surface area contributed by atoms with E-state index in [4.69, 9.17) is 9.84 Å². The zero-order chi connectivity index (χ0) is 19.0. The number of aliphatic carboxylic acids is 1. The van der Waals surface area contributed by atoms with Crippen LogP contribution in [0.3, 0.4) is 0 Å². The highest BCUT2D eigenvalue weighted by Gasteiger charge is 2.20. The van der Waals surface area contributed by atoms with E-state index in [0.29, 0.717) is 18.6 Å². The molecule has 0 aliphatic rings. The molecule has 0 unspecified atom stereocenters. The topological polar surface area (TPSA) is 110 Å². The molecule has 1 atom stereocenters. The van der Waals surface area contributed by atoms with Crippen LogP contribution in [0.25, 0.3) is 0 Å². The van der Waals surface area contributed by atoms with Gasteiger partial charge < -0.3 is 15.2 Å². The molecule has 0 spiro atoms. The molecule has 8 heteroatoms. The molecule has 7 nitrogen and oxygen atoms in total. The summed E-state index contributed by atoms with van der Waals surface area (Å²) in [6.45, 7) is 4.06. The van der Waals surface area contributed by atoms with Gasteiger partial charge in [0.15, 0.2) is 9.84 Å². The Hall–Kier alpha value is -2.09. The van der Waals surface area contributed by atoms with Gasteiger partial charge in [-0.25, -0.2) is 13.2 Å². The van der Waals surface area contributed by atoms with Crippen molar-refractivity contribution in [3.63, 3.8) is 0 Å². The Balaban J connectivity index is 2.37. The molecule has 1 rings (SSSR count). The molecule has 1 aromatic carbocycles. The van der Waals surface area contributed by atoms with Crippen LogP contribution in [0.15, 0.2) is 29.2 Å². The van der Waals surface area contributed by atoms with Gasteiger partial charge in [-0.15, -0.1) is 0 Å². The number of hydrogen-bond acceptors (Lipinski definition) is 5. The first-order valence-electron chi connectivity index (χ1n) is 8.04. The molecule has 0 aromatic heterocycles. The molecule has 0 radical (unpaired) electrons. The van der Waals surface area contributed by atoms with Gasteiger partial charge in [-0.05, 0) is 43.0 Å². The fourth-order valence-electron chi connectivity index (χ4n) is 2.17. The van der Waals surface area contributed by atoms with Crippen LogP contribution in [0.1, 0.15) is 33.1 Å². The average molecular weight is 371 g/mol. The normalized spacial score (nSPS) is 12.6. The van der Waals surface area contributed by atoms with Crippen molar-refractivity contribution in [3.8, 4) is 5.75 Å². The maximum Gasteiger partial charge on any atom is 0.326 e. The molecule has 0 aliphatic carbocycles. The van der Waals surface area contributed by atoms with Crippen molar-refractivity contribution in [3.05, 3.63) is 24.3 Å². The monoisotopic (exact) mass is 371 g/mol. The van der Waals surface area contributed by atoms with Crippen LogP contribution < -0.4 is 10.1 Å². The minimum Gasteiger partial charge on any atom is -0.494 e. The van der Waals surface area contributed by atoms with E-state index in [2.05, 4.69) is 5.32 Å². The van der Waals surface area contributed by atoms with Crippen molar-refractivity contribution >= 4 is 21.7 Å². The lowest BCUT2D eigenvalue weighted by molar-refractivity contribution is -0.142. The maximum absolute atomic E-state index is 11.8. The summed E-state index contributed by atoms with van der Waals surface area (Å²) < 4.78 is 28.2. The van der Waals surface area contributed by atoms with Crippen LogP contribution in [0.4, 0.5) is 0 Å². The molecule has 0 heterocycles. The standard InChI is InChI=1S/C17H25NO6S/c1-12(2)11-15(17(20)21)18-16(19)5-4-10-24-13-6-8-14(9-7-13)25(3,22)23/h6-9,12,15H,4-5,10-11H2,1-3H3,(H,18,19)(H,20,21)/t15-/m1/s1. The van der Waals surface area contributed by atoms with Gasteiger partial charge in [-0.3, -0.25) is 4.79 Å². The number of carbonyl (C=O) groups excluding carboxylic acids is 1. The number of ether oxygens (including phenoxy) is 1. The third kappa shape index (κ3) is 8.02. The Morgan fingerprint density at radius 1 is 1.20 bits per heavy atom. The van der Waals surface area contributed by atoms with E-state index in [9.17, 15) is 18.0 Å². The van der Waals surface area contributed by atoms with Crippen molar-refractivity contribution < 1.29 is 27.9 Å². The summed E-state index contributed by atoms with van der Waals surface area (Å²) in [6.07, 6.45) is 2.09. The second kappa shape index (κ2) is 9.41. The smallest absolute Gasteiger partial charge is 0.326 e. The molecule has 0 saturated carbocycles. The van der Waals surface area contributed by atoms with Crippen LogP contribution >= 0.6 is 0 Å². The highest BCUT2D eigenvalue weighted by Crippen LogP contribution is 2.16. The minimum absolute atomic E-state index is 0.156. The van der Waals surface area contributed by atoms with Crippen LogP contribution in [-0.4, -0.2) is 44.3 Å². The van der Waals surface area contributed by atoms with E-state index in [1.807, 2.05) is 13.8 Å². The Bertz CT molecular complexity index is 682. The van der Waals surface area contributed by atoms with Crippen molar-refractivity contribution in [2.75, 3.05) is 12.9 Å². The Morgan fingerprint density at radius 2 is 1.80 bits per heavy atom. The van der Waals surface area contributed by atoms with Gasteiger partial charge in [-0.2, -0.15) is 0 Å². The number of carboxylic acid groups (broad SMARTS) is 1. The summed E-state index contributed by atoms with van der Waals surface area (Å²) in [6, 6.07) is 5.15. The number of hydrogen-bond donors (Lipinski definition) is 2. The number of carboxylic acids is 1. The fraction of sp³-hybridized carbons (Fsp3) is 0.529. The molecule has 1 aromatic rings. The minimum atomic E-state index is -3.24. The van der Waals surface area contributed by atoms with Crippen molar-refractivity contribution in [2.45, 2.75) is 44.0 Å². The van der Waals surface area contributed by atoms with Crippen molar-refractivity contribution in [2.24, 2.45) is 5.92 Å². The van der Waals surface area contributed by atoms with Crippen molar-refractivity contribution in [1.29, 1.82) is 0 Å². The van der Waals surface area contributed by atoms with Crippen LogP contribution in [0.5, 0.6) is 5.75 Å². The second-order valence-electron chi connectivity index (χ2n) is 6.28. The molecular weight excluding hydrogens is 346 g/mol. The highest BCUT2D eigenvalue weighted by molar-refractivity contribution is 7.90. The van der Waals surface area contributed by atoms with Crippen LogP contribution in [-0.2, 0) is 19.4 Å². The number of carbonyl (C=O) groups is 2. The number of rotatable bonds is 10. The van der Waals surface area contributed by atoms with Gasteiger partial charge in [0, 0.05) is 12.7 Å². The summed E-state index contributed by atoms with van der Waals surface area (Å²) in [5.41, 5.74) is 0. The van der Waals surface area contributed by atoms with Gasteiger partial charge in [0.25, 0.3) is 0 Å². The largest absolute Gasteiger partial charge is 0.494 e. The lowest BCUT2D eigenvalue weighted by Gasteiger charge is -2.16. The van der Waals surface area contributed by atoms with E-state index in [-0.39, 0.29) is 29.7 Å². The summed E-state index contributed by atoms with van der Waals surface area (Å²) in [5, 5.41) is 11.6. The predicted octanol–water partition coefficient (Wildman–Crippen LogP) is 1.86. The summed E-state index contributed by atoms with van der Waals surface area (Å²) in [4.78, 5) is 23.1. The molecule has 1 amide bonds. The van der Waals surface area contributed by atoms with Crippen molar-refractivity contribution in [1.82, 2.24) is 5.32 Å². The van der Waals surface area contributed by atoms with Crippen LogP contribution in [0, 0.1) is 5.92 Å². The Kier molecular flexibility index (Phi) is 7.89. The highest BCUT2D eigenvalue weighted by atomic mass is 32.2. The molecular formula is C17H25NO6S. The molecule has 140 valence electrons. The van der Waals surface area contributed by atoms with E-state index in [0.717, 1.165) is 6.26 Å². The number of amides is 1. The van der Waals surface area contributed by atoms with Gasteiger partial charge in [-0.1, -0.05) is 13.8 Å². The average Bonchev–Trinajstić information content (AvgIpc) is 2.50.